The number of carbonyl (C=O) groups is 1. The minimum absolute atomic E-state index is 0.230. The summed E-state index contributed by atoms with van der Waals surface area (Å²) in [5.74, 6) is -0.230. The molecule has 0 spiro atoms. The van der Waals surface area contributed by atoms with Crippen molar-refractivity contribution in [2.45, 2.75) is 33.1 Å². The highest BCUT2D eigenvalue weighted by Crippen LogP contribution is 2.17. The maximum atomic E-state index is 10.6. The summed E-state index contributed by atoms with van der Waals surface area (Å²) in [5, 5.41) is 3.30. The van der Waals surface area contributed by atoms with Crippen molar-refractivity contribution in [3.05, 3.63) is 29.8 Å². The van der Waals surface area contributed by atoms with Crippen molar-refractivity contribution in [3.8, 4) is 0 Å². The molecule has 0 amide bonds. The molecule has 0 atom stereocenters. The van der Waals surface area contributed by atoms with Crippen LogP contribution in [0.3, 0.4) is 0 Å². The fourth-order valence-electron chi connectivity index (χ4n) is 1.66. The van der Waals surface area contributed by atoms with Crippen molar-refractivity contribution < 1.29 is 9.53 Å². The van der Waals surface area contributed by atoms with E-state index in [0.717, 1.165) is 12.1 Å². The van der Waals surface area contributed by atoms with Crippen molar-refractivity contribution in [3.63, 3.8) is 0 Å². The summed E-state index contributed by atoms with van der Waals surface area (Å²) < 4.78 is 4.88. The third kappa shape index (κ3) is 5.38. The Kier molecular flexibility index (Phi) is 6.15. The molecule has 1 N–H and O–H groups in total. The Hall–Kier alpha value is -1.51. The van der Waals surface area contributed by atoms with Gasteiger partial charge < -0.3 is 10.1 Å². The molecule has 0 aliphatic rings. The van der Waals surface area contributed by atoms with Crippen molar-refractivity contribution in [1.82, 2.24) is 0 Å². The number of esters is 1. The minimum atomic E-state index is -0.230. The third-order valence-corrected chi connectivity index (χ3v) is 2.54. The maximum absolute atomic E-state index is 10.6. The summed E-state index contributed by atoms with van der Waals surface area (Å²) in [4.78, 5) is 10.6. The summed E-state index contributed by atoms with van der Waals surface area (Å²) in [6.45, 7) is 4.69. The number of hydrogen-bond acceptors (Lipinski definition) is 3. The first kappa shape index (κ1) is 13.6. The van der Waals surface area contributed by atoms with Gasteiger partial charge in [-0.25, -0.2) is 0 Å². The molecule has 1 aromatic rings. The minimum Gasteiger partial charge on any atom is -0.464 e. The van der Waals surface area contributed by atoms with Gasteiger partial charge in [-0.15, -0.1) is 0 Å². The molecule has 0 aliphatic heterocycles. The number of unbranched alkanes of at least 4 members (excludes halogenated alkanes) is 1. The van der Waals surface area contributed by atoms with E-state index in [4.69, 9.17) is 4.74 Å². The second-order valence-electron chi connectivity index (χ2n) is 4.03. The summed E-state index contributed by atoms with van der Waals surface area (Å²) in [7, 11) is 0. The Bertz CT molecular complexity index is 350. The molecule has 0 saturated heterocycles. The van der Waals surface area contributed by atoms with E-state index in [9.17, 15) is 4.79 Å². The van der Waals surface area contributed by atoms with Crippen molar-refractivity contribution >= 4 is 11.7 Å². The lowest BCUT2D eigenvalue weighted by atomic mass is 10.1. The van der Waals surface area contributed by atoms with E-state index in [1.54, 1.807) is 0 Å². The molecule has 94 valence electrons. The molecule has 0 aliphatic carbocycles. The Balaban J connectivity index is 2.43. The van der Waals surface area contributed by atoms with E-state index in [2.05, 4.69) is 30.4 Å². The molecule has 0 unspecified atom stereocenters. The highest BCUT2D eigenvalue weighted by atomic mass is 16.5. The summed E-state index contributed by atoms with van der Waals surface area (Å²) in [6.07, 6.45) is 3.48. The van der Waals surface area contributed by atoms with Gasteiger partial charge in [0.15, 0.2) is 0 Å². The van der Waals surface area contributed by atoms with Gasteiger partial charge in [-0.05, 0) is 24.5 Å². The largest absolute Gasteiger partial charge is 0.464 e. The molecular weight excluding hydrogens is 214 g/mol. The number of aryl methyl sites for hydroxylation is 1. The van der Waals surface area contributed by atoms with Crippen molar-refractivity contribution in [2.24, 2.45) is 0 Å². The number of rotatable bonds is 7. The first-order chi connectivity index (χ1) is 8.24. The number of carbonyl (C=O) groups excluding carboxylic acids is 1. The van der Waals surface area contributed by atoms with E-state index in [1.807, 2.05) is 6.07 Å². The van der Waals surface area contributed by atoms with Crippen molar-refractivity contribution in [1.29, 1.82) is 0 Å². The molecule has 3 heteroatoms. The number of ether oxygens (including phenoxy) is 1. The predicted octanol–water partition coefficient (Wildman–Crippen LogP) is 3.00. The SMILES string of the molecule is CCCCc1ccccc1NCCOC(C)=O. The summed E-state index contributed by atoms with van der Waals surface area (Å²) in [5.41, 5.74) is 2.48. The Morgan fingerprint density at radius 1 is 1.35 bits per heavy atom. The standard InChI is InChI=1S/C14H21NO2/c1-3-4-7-13-8-5-6-9-14(13)15-10-11-17-12(2)16/h5-6,8-9,15H,3-4,7,10-11H2,1-2H3. The van der Waals surface area contributed by atoms with E-state index >= 15 is 0 Å². The third-order valence-electron chi connectivity index (χ3n) is 2.54. The predicted molar refractivity (Wildman–Crippen MR) is 70.2 cm³/mol. The second-order valence-corrected chi connectivity index (χ2v) is 4.03. The van der Waals surface area contributed by atoms with Gasteiger partial charge in [-0.1, -0.05) is 31.5 Å². The molecule has 17 heavy (non-hydrogen) atoms. The first-order valence-corrected chi connectivity index (χ1v) is 6.19. The fraction of sp³-hybridized carbons (Fsp3) is 0.500. The van der Waals surface area contributed by atoms with Crippen LogP contribution in [0.4, 0.5) is 5.69 Å². The number of anilines is 1. The van der Waals surface area contributed by atoms with Crippen LogP contribution in [0.2, 0.25) is 0 Å². The molecule has 0 aromatic heterocycles. The first-order valence-electron chi connectivity index (χ1n) is 6.19. The monoisotopic (exact) mass is 235 g/mol. The lowest BCUT2D eigenvalue weighted by Gasteiger charge is -2.11. The number of para-hydroxylation sites is 1. The molecule has 0 bridgehead atoms. The highest BCUT2D eigenvalue weighted by Gasteiger charge is 2.00. The van der Waals surface area contributed by atoms with Gasteiger partial charge in [0, 0.05) is 19.2 Å². The Morgan fingerprint density at radius 3 is 2.82 bits per heavy atom. The van der Waals surface area contributed by atoms with Gasteiger partial charge in [0.1, 0.15) is 6.61 Å². The van der Waals surface area contributed by atoms with Gasteiger partial charge in [-0.2, -0.15) is 0 Å². The van der Waals surface area contributed by atoms with Crippen LogP contribution in [-0.4, -0.2) is 19.1 Å². The molecule has 0 heterocycles. The van der Waals surface area contributed by atoms with Crippen LogP contribution >= 0.6 is 0 Å². The highest BCUT2D eigenvalue weighted by molar-refractivity contribution is 5.65. The molecule has 0 fully saturated rings. The van der Waals surface area contributed by atoms with Crippen LogP contribution in [0.25, 0.3) is 0 Å². The summed E-state index contributed by atoms with van der Waals surface area (Å²) >= 11 is 0. The van der Waals surface area contributed by atoms with Crippen LogP contribution in [0, 0.1) is 0 Å². The zero-order chi connectivity index (χ0) is 12.5. The van der Waals surface area contributed by atoms with E-state index < -0.39 is 0 Å². The van der Waals surface area contributed by atoms with E-state index in [1.165, 1.54) is 25.3 Å². The molecule has 1 aromatic carbocycles. The second kappa shape index (κ2) is 7.71. The summed E-state index contributed by atoms with van der Waals surface area (Å²) in [6, 6.07) is 8.29. The zero-order valence-corrected chi connectivity index (χ0v) is 10.7. The van der Waals surface area contributed by atoms with Gasteiger partial charge >= 0.3 is 5.97 Å². The zero-order valence-electron chi connectivity index (χ0n) is 10.7. The molecule has 0 radical (unpaired) electrons. The molecule has 3 nitrogen and oxygen atoms in total. The Labute approximate surface area is 103 Å². The number of benzene rings is 1. The lowest BCUT2D eigenvalue weighted by Crippen LogP contribution is -2.12. The van der Waals surface area contributed by atoms with Gasteiger partial charge in [0.05, 0.1) is 0 Å². The molecule has 0 saturated carbocycles. The molecular formula is C14H21NO2. The van der Waals surface area contributed by atoms with Crippen LogP contribution in [-0.2, 0) is 16.0 Å². The fourth-order valence-corrected chi connectivity index (χ4v) is 1.66. The lowest BCUT2D eigenvalue weighted by molar-refractivity contribution is -0.140. The smallest absolute Gasteiger partial charge is 0.302 e. The van der Waals surface area contributed by atoms with Crippen LogP contribution in [0.1, 0.15) is 32.3 Å². The maximum Gasteiger partial charge on any atom is 0.302 e. The van der Waals surface area contributed by atoms with Crippen molar-refractivity contribution in [2.75, 3.05) is 18.5 Å². The normalized spacial score (nSPS) is 10.0. The quantitative estimate of drug-likeness (QED) is 0.583. The van der Waals surface area contributed by atoms with E-state index in [-0.39, 0.29) is 5.97 Å². The van der Waals surface area contributed by atoms with Gasteiger partial charge in [-0.3, -0.25) is 4.79 Å². The Morgan fingerprint density at radius 2 is 2.12 bits per heavy atom. The van der Waals surface area contributed by atoms with E-state index in [0.29, 0.717) is 13.2 Å². The van der Waals surface area contributed by atoms with Gasteiger partial charge in [0.25, 0.3) is 0 Å². The average molecular weight is 235 g/mol. The van der Waals surface area contributed by atoms with Crippen LogP contribution in [0.15, 0.2) is 24.3 Å². The number of hydrogen-bond donors (Lipinski definition) is 1. The van der Waals surface area contributed by atoms with Crippen LogP contribution in [0.5, 0.6) is 0 Å². The molecule has 1 rings (SSSR count). The number of nitrogens with one attached hydrogen (secondary N) is 1. The average Bonchev–Trinajstić information content (AvgIpc) is 2.33. The topological polar surface area (TPSA) is 38.3 Å². The van der Waals surface area contributed by atoms with Gasteiger partial charge in [0.2, 0.25) is 0 Å². The van der Waals surface area contributed by atoms with Crippen LogP contribution < -0.4 is 5.32 Å².